The number of rotatable bonds is 4. The van der Waals surface area contributed by atoms with Crippen LogP contribution in [0.15, 0.2) is 60.7 Å². The number of benzene rings is 2. The lowest BCUT2D eigenvalue weighted by molar-refractivity contribution is 0.0864. The van der Waals surface area contributed by atoms with E-state index in [1.807, 2.05) is 60.7 Å². The minimum absolute atomic E-state index is 0.607. The van der Waals surface area contributed by atoms with Crippen molar-refractivity contribution in [3.05, 3.63) is 60.7 Å². The van der Waals surface area contributed by atoms with E-state index in [0.29, 0.717) is 0 Å². The van der Waals surface area contributed by atoms with E-state index in [0.717, 1.165) is 11.5 Å². The molecule has 0 radical (unpaired) electrons. The van der Waals surface area contributed by atoms with Crippen molar-refractivity contribution in [1.29, 1.82) is 0 Å². The fraction of sp³-hybridized carbons (Fsp3) is 0.0769. The average molecular weight is 232 g/mol. The fourth-order valence-electron chi connectivity index (χ4n) is 1.26. The summed E-state index contributed by atoms with van der Waals surface area (Å²) in [4.78, 5) is 0. The van der Waals surface area contributed by atoms with Crippen LogP contribution in [0.3, 0.4) is 0 Å². The Morgan fingerprint density at radius 3 is 1.44 bits per heavy atom. The van der Waals surface area contributed by atoms with Crippen molar-refractivity contribution in [3.8, 4) is 11.5 Å². The van der Waals surface area contributed by atoms with Crippen LogP contribution in [-0.2, 0) is 0 Å². The van der Waals surface area contributed by atoms with Gasteiger partial charge >= 0.3 is 0 Å². The number of ether oxygens (including phenoxy) is 2. The Morgan fingerprint density at radius 2 is 1.06 bits per heavy atom. The Morgan fingerprint density at radius 1 is 0.688 bits per heavy atom. The summed E-state index contributed by atoms with van der Waals surface area (Å²) < 4.78 is 10.9. The van der Waals surface area contributed by atoms with Gasteiger partial charge in [-0.1, -0.05) is 49.0 Å². The summed E-state index contributed by atoms with van der Waals surface area (Å²) in [6, 6.07) is 18.9. The van der Waals surface area contributed by atoms with Crippen LogP contribution in [0.4, 0.5) is 0 Å². The van der Waals surface area contributed by atoms with Crippen LogP contribution >= 0.6 is 12.6 Å². The van der Waals surface area contributed by atoms with E-state index in [4.69, 9.17) is 9.47 Å². The molecule has 0 amide bonds. The zero-order valence-electron chi connectivity index (χ0n) is 8.61. The van der Waals surface area contributed by atoms with Crippen LogP contribution < -0.4 is 9.47 Å². The highest BCUT2D eigenvalue weighted by atomic mass is 32.1. The van der Waals surface area contributed by atoms with Crippen molar-refractivity contribution < 1.29 is 9.47 Å². The first-order chi connectivity index (χ1) is 7.84. The molecule has 0 unspecified atom stereocenters. The smallest absolute Gasteiger partial charge is 0.288 e. The lowest BCUT2D eigenvalue weighted by atomic mass is 10.3. The molecule has 82 valence electrons. The van der Waals surface area contributed by atoms with E-state index in [1.54, 1.807) is 0 Å². The van der Waals surface area contributed by atoms with Gasteiger partial charge in [-0.15, -0.1) is 0 Å². The van der Waals surface area contributed by atoms with Gasteiger partial charge in [0.2, 0.25) is 0 Å². The summed E-state index contributed by atoms with van der Waals surface area (Å²) in [5.41, 5.74) is -0.607. The first kappa shape index (κ1) is 10.9. The second-order valence-corrected chi connectivity index (χ2v) is 3.59. The van der Waals surface area contributed by atoms with Crippen molar-refractivity contribution in [2.75, 3.05) is 0 Å². The summed E-state index contributed by atoms with van der Waals surface area (Å²) in [5.74, 6) is 1.47. The molecule has 2 rings (SSSR count). The molecule has 0 saturated carbocycles. The van der Waals surface area contributed by atoms with E-state index in [-0.39, 0.29) is 0 Å². The molecule has 0 spiro atoms. The molecule has 0 aliphatic carbocycles. The minimum atomic E-state index is -0.607. The van der Waals surface area contributed by atoms with Gasteiger partial charge in [-0.3, -0.25) is 0 Å². The van der Waals surface area contributed by atoms with E-state index in [9.17, 15) is 0 Å². The van der Waals surface area contributed by atoms with Crippen LogP contribution in [0.2, 0.25) is 0 Å². The van der Waals surface area contributed by atoms with E-state index in [2.05, 4.69) is 12.6 Å². The quantitative estimate of drug-likeness (QED) is 0.643. The standard InChI is InChI=1S/C13H12O2S/c16-13(14-11-7-3-1-4-8-11)15-12-9-5-2-6-10-12/h1-10,13,16H. The molecule has 0 bridgehead atoms. The molecule has 2 nitrogen and oxygen atoms in total. The molecule has 0 aliphatic rings. The molecule has 0 fully saturated rings. The van der Waals surface area contributed by atoms with Gasteiger partial charge in [0, 0.05) is 0 Å². The number of para-hydroxylation sites is 2. The molecular weight excluding hydrogens is 220 g/mol. The number of hydrogen-bond acceptors (Lipinski definition) is 3. The molecule has 0 aliphatic heterocycles. The van der Waals surface area contributed by atoms with Crippen molar-refractivity contribution in [3.63, 3.8) is 0 Å². The molecule has 0 saturated heterocycles. The summed E-state index contributed by atoms with van der Waals surface area (Å²) in [7, 11) is 0. The largest absolute Gasteiger partial charge is 0.446 e. The summed E-state index contributed by atoms with van der Waals surface area (Å²) in [6.45, 7) is 0. The lowest BCUT2D eigenvalue weighted by Crippen LogP contribution is -2.16. The molecule has 3 heteroatoms. The maximum absolute atomic E-state index is 5.46. The van der Waals surface area contributed by atoms with Gasteiger partial charge in [0.1, 0.15) is 11.5 Å². The van der Waals surface area contributed by atoms with E-state index in [1.165, 1.54) is 0 Å². The monoisotopic (exact) mass is 232 g/mol. The maximum Gasteiger partial charge on any atom is 0.288 e. The van der Waals surface area contributed by atoms with Crippen LogP contribution in [0, 0.1) is 0 Å². The first-order valence-electron chi connectivity index (χ1n) is 4.96. The van der Waals surface area contributed by atoms with Crippen LogP contribution in [0.5, 0.6) is 11.5 Å². The molecule has 16 heavy (non-hydrogen) atoms. The highest BCUT2D eigenvalue weighted by Crippen LogP contribution is 2.16. The average Bonchev–Trinajstić information content (AvgIpc) is 2.31. The van der Waals surface area contributed by atoms with Crippen LogP contribution in [0.25, 0.3) is 0 Å². The molecule has 2 aromatic carbocycles. The molecule has 0 aromatic heterocycles. The Labute approximate surface area is 100 Å². The molecular formula is C13H12O2S. The SMILES string of the molecule is SC(Oc1ccccc1)Oc1ccccc1. The van der Waals surface area contributed by atoms with Gasteiger partial charge in [0.05, 0.1) is 0 Å². The zero-order chi connectivity index (χ0) is 11.2. The molecule has 0 heterocycles. The third-order valence-electron chi connectivity index (χ3n) is 1.96. The van der Waals surface area contributed by atoms with Crippen LogP contribution in [-0.4, -0.2) is 5.62 Å². The van der Waals surface area contributed by atoms with E-state index < -0.39 is 5.62 Å². The maximum atomic E-state index is 5.46. The predicted molar refractivity (Wildman–Crippen MR) is 66.9 cm³/mol. The van der Waals surface area contributed by atoms with Gasteiger partial charge in [0.15, 0.2) is 0 Å². The van der Waals surface area contributed by atoms with Crippen molar-refractivity contribution in [2.45, 2.75) is 5.62 Å². The van der Waals surface area contributed by atoms with Gasteiger partial charge in [0.25, 0.3) is 5.62 Å². The van der Waals surface area contributed by atoms with Gasteiger partial charge in [-0.2, -0.15) is 0 Å². The third kappa shape index (κ3) is 3.21. The van der Waals surface area contributed by atoms with Crippen molar-refractivity contribution >= 4 is 12.6 Å². The van der Waals surface area contributed by atoms with Crippen molar-refractivity contribution in [1.82, 2.24) is 0 Å². The Hall–Kier alpha value is -1.61. The highest BCUT2D eigenvalue weighted by molar-refractivity contribution is 7.80. The lowest BCUT2D eigenvalue weighted by Gasteiger charge is -2.15. The normalized spacial score (nSPS) is 10.1. The molecule has 0 N–H and O–H groups in total. The van der Waals surface area contributed by atoms with Crippen molar-refractivity contribution in [2.24, 2.45) is 0 Å². The summed E-state index contributed by atoms with van der Waals surface area (Å²) in [5, 5.41) is 0. The zero-order valence-corrected chi connectivity index (χ0v) is 9.51. The van der Waals surface area contributed by atoms with E-state index >= 15 is 0 Å². The fourth-order valence-corrected chi connectivity index (χ4v) is 1.50. The predicted octanol–water partition coefficient (Wildman–Crippen LogP) is 3.36. The van der Waals surface area contributed by atoms with Gasteiger partial charge < -0.3 is 9.47 Å². The Bertz CT molecular complexity index is 375. The first-order valence-corrected chi connectivity index (χ1v) is 5.48. The molecule has 0 atom stereocenters. The highest BCUT2D eigenvalue weighted by Gasteiger charge is 2.05. The number of hydrogen-bond donors (Lipinski definition) is 1. The minimum Gasteiger partial charge on any atom is -0.446 e. The Kier molecular flexibility index (Phi) is 3.72. The van der Waals surface area contributed by atoms with Gasteiger partial charge in [-0.25, -0.2) is 0 Å². The Balaban J connectivity index is 1.92. The van der Waals surface area contributed by atoms with Gasteiger partial charge in [-0.05, 0) is 24.3 Å². The molecule has 2 aromatic rings. The number of thiol groups is 1. The topological polar surface area (TPSA) is 18.5 Å². The second-order valence-electron chi connectivity index (χ2n) is 3.17. The van der Waals surface area contributed by atoms with Crippen LogP contribution in [0.1, 0.15) is 0 Å². The summed E-state index contributed by atoms with van der Waals surface area (Å²) >= 11 is 4.21. The second kappa shape index (κ2) is 5.47. The summed E-state index contributed by atoms with van der Waals surface area (Å²) in [6.07, 6.45) is 0. The third-order valence-corrected chi connectivity index (χ3v) is 2.17.